The molecule has 174 valence electrons. The summed E-state index contributed by atoms with van der Waals surface area (Å²) >= 11 is 5.38. The number of thiocarbonyl (C=S) groups is 1. The van der Waals surface area contributed by atoms with Crippen LogP contribution in [0.5, 0.6) is 0 Å². The van der Waals surface area contributed by atoms with Gasteiger partial charge in [-0.1, -0.05) is 0 Å². The highest BCUT2D eigenvalue weighted by atomic mass is 32.1. The summed E-state index contributed by atoms with van der Waals surface area (Å²) in [6.07, 6.45) is 3.37. The molecule has 4 unspecified atom stereocenters. The summed E-state index contributed by atoms with van der Waals surface area (Å²) in [5.74, 6) is 0.601. The molecule has 0 amide bonds. The van der Waals surface area contributed by atoms with Gasteiger partial charge in [-0.25, -0.2) is 15.0 Å². The molecule has 11 nitrogen and oxygen atoms in total. The van der Waals surface area contributed by atoms with Crippen molar-refractivity contribution in [1.82, 2.24) is 24.4 Å². The zero-order chi connectivity index (χ0) is 22.1. The number of nitrogens with zero attached hydrogens (tertiary/aromatic N) is 5. The van der Waals surface area contributed by atoms with Crippen molar-refractivity contribution in [3.63, 3.8) is 0 Å². The fourth-order valence-electron chi connectivity index (χ4n) is 4.40. The zero-order valence-electron chi connectivity index (χ0n) is 17.7. The number of aliphatic hydroxyl groups is 2. The molecule has 12 heteroatoms. The van der Waals surface area contributed by atoms with Crippen LogP contribution >= 0.6 is 12.2 Å². The topological polar surface area (TPSA) is 127 Å². The van der Waals surface area contributed by atoms with E-state index in [-0.39, 0.29) is 12.6 Å². The minimum absolute atomic E-state index is 0.0557. The molecule has 2 aromatic rings. The van der Waals surface area contributed by atoms with Crippen LogP contribution in [0, 0.1) is 0 Å². The molecule has 5 heterocycles. The third kappa shape index (κ3) is 4.25. The van der Waals surface area contributed by atoms with Crippen molar-refractivity contribution >= 4 is 34.4 Å². The van der Waals surface area contributed by atoms with Gasteiger partial charge in [-0.05, 0) is 37.9 Å². The monoisotopic (exact) mass is 464 g/mol. The SMILES string of the molecule is OC1C(COC(=S)N2CCCCC2)OC(n2cnc3c(N[C@@H]4CCOC4)ncnc32)C1O. The second-order valence-electron chi connectivity index (χ2n) is 8.42. The molecule has 3 aliphatic rings. The molecule has 5 atom stereocenters. The lowest BCUT2D eigenvalue weighted by atomic mass is 10.1. The van der Waals surface area contributed by atoms with E-state index in [1.807, 2.05) is 4.90 Å². The van der Waals surface area contributed by atoms with Crippen LogP contribution in [0.3, 0.4) is 0 Å². The number of piperidine rings is 1. The summed E-state index contributed by atoms with van der Waals surface area (Å²) in [5, 5.41) is 25.0. The second-order valence-corrected chi connectivity index (χ2v) is 8.77. The second kappa shape index (κ2) is 9.40. The Balaban J connectivity index is 1.27. The van der Waals surface area contributed by atoms with Gasteiger partial charge in [-0.3, -0.25) is 4.57 Å². The van der Waals surface area contributed by atoms with Crippen molar-refractivity contribution in [3.8, 4) is 0 Å². The van der Waals surface area contributed by atoms with Crippen LogP contribution in [0.2, 0.25) is 0 Å². The number of aliphatic hydroxyl groups excluding tert-OH is 2. The molecule has 3 fully saturated rings. The highest BCUT2D eigenvalue weighted by Crippen LogP contribution is 2.32. The Morgan fingerprint density at radius 3 is 2.81 bits per heavy atom. The van der Waals surface area contributed by atoms with Gasteiger partial charge in [0.2, 0.25) is 0 Å². The molecule has 0 aliphatic carbocycles. The number of hydrogen-bond acceptors (Lipinski definition) is 10. The van der Waals surface area contributed by atoms with Crippen molar-refractivity contribution in [1.29, 1.82) is 0 Å². The van der Waals surface area contributed by atoms with Crippen LogP contribution in [-0.4, -0.2) is 97.1 Å². The van der Waals surface area contributed by atoms with Gasteiger partial charge in [0.25, 0.3) is 5.17 Å². The van der Waals surface area contributed by atoms with E-state index in [2.05, 4.69) is 20.3 Å². The number of fused-ring (bicyclic) bond motifs is 1. The van der Waals surface area contributed by atoms with Crippen LogP contribution in [0.15, 0.2) is 12.7 Å². The maximum absolute atomic E-state index is 10.7. The highest BCUT2D eigenvalue weighted by Gasteiger charge is 2.45. The lowest BCUT2D eigenvalue weighted by Gasteiger charge is -2.29. The quantitative estimate of drug-likeness (QED) is 0.533. The summed E-state index contributed by atoms with van der Waals surface area (Å²) in [4.78, 5) is 15.1. The van der Waals surface area contributed by atoms with Crippen LogP contribution < -0.4 is 5.32 Å². The van der Waals surface area contributed by atoms with Gasteiger partial charge in [0.05, 0.1) is 19.0 Å². The molecular weight excluding hydrogens is 436 g/mol. The lowest BCUT2D eigenvalue weighted by molar-refractivity contribution is -0.0504. The van der Waals surface area contributed by atoms with Crippen LogP contribution in [-0.2, 0) is 14.2 Å². The van der Waals surface area contributed by atoms with Gasteiger partial charge in [0.1, 0.15) is 31.2 Å². The Morgan fingerprint density at radius 1 is 1.19 bits per heavy atom. The predicted molar refractivity (Wildman–Crippen MR) is 118 cm³/mol. The number of anilines is 1. The molecule has 3 saturated heterocycles. The van der Waals surface area contributed by atoms with Crippen LogP contribution in [0.4, 0.5) is 5.82 Å². The Morgan fingerprint density at radius 2 is 2.03 bits per heavy atom. The number of hydrogen-bond donors (Lipinski definition) is 3. The maximum atomic E-state index is 10.7. The number of nitrogens with one attached hydrogen (secondary N) is 1. The van der Waals surface area contributed by atoms with E-state index in [1.165, 1.54) is 19.1 Å². The normalized spacial score (nSPS) is 30.7. The van der Waals surface area contributed by atoms with E-state index in [0.29, 0.717) is 35.4 Å². The van der Waals surface area contributed by atoms with Gasteiger partial charge in [0.15, 0.2) is 23.2 Å². The fraction of sp³-hybridized carbons (Fsp3) is 0.700. The average molecular weight is 465 g/mol. The van der Waals surface area contributed by atoms with Crippen molar-refractivity contribution < 1.29 is 24.4 Å². The van der Waals surface area contributed by atoms with E-state index in [1.54, 1.807) is 4.57 Å². The van der Waals surface area contributed by atoms with E-state index < -0.39 is 24.5 Å². The van der Waals surface area contributed by atoms with Gasteiger partial charge >= 0.3 is 0 Å². The molecule has 5 rings (SSSR count). The Labute approximate surface area is 190 Å². The van der Waals surface area contributed by atoms with Crippen LogP contribution in [0.25, 0.3) is 11.2 Å². The summed E-state index contributed by atoms with van der Waals surface area (Å²) < 4.78 is 18.7. The molecule has 0 radical (unpaired) electrons. The molecule has 0 bridgehead atoms. The largest absolute Gasteiger partial charge is 0.468 e. The fourth-order valence-corrected chi connectivity index (χ4v) is 4.65. The molecule has 2 aromatic heterocycles. The number of aromatic nitrogens is 4. The number of imidazole rings is 1. The average Bonchev–Trinajstić information content (AvgIpc) is 3.54. The van der Waals surface area contributed by atoms with E-state index >= 15 is 0 Å². The van der Waals surface area contributed by atoms with E-state index in [9.17, 15) is 10.2 Å². The maximum Gasteiger partial charge on any atom is 0.259 e. The Hall–Kier alpha value is -2.12. The lowest BCUT2D eigenvalue weighted by Crippen LogP contribution is -2.39. The van der Waals surface area contributed by atoms with Gasteiger partial charge in [0, 0.05) is 19.7 Å². The van der Waals surface area contributed by atoms with E-state index in [4.69, 9.17) is 26.4 Å². The predicted octanol–water partition coefficient (Wildman–Crippen LogP) is 0.434. The zero-order valence-corrected chi connectivity index (χ0v) is 18.5. The van der Waals surface area contributed by atoms with Crippen molar-refractivity contribution in [2.45, 2.75) is 56.3 Å². The first-order valence-corrected chi connectivity index (χ1v) is 11.5. The molecule has 3 aliphatic heterocycles. The molecular formula is C20H28N6O5S. The molecule has 0 aromatic carbocycles. The van der Waals surface area contributed by atoms with E-state index in [0.717, 1.165) is 32.4 Å². The first-order chi connectivity index (χ1) is 15.6. The van der Waals surface area contributed by atoms with Crippen molar-refractivity contribution in [3.05, 3.63) is 12.7 Å². The minimum atomic E-state index is -1.17. The standard InChI is InChI=1S/C20H28N6O5S/c27-15-13(9-30-20(32)25-5-2-1-3-6-25)31-19(16(15)28)26-11-23-14-17(21-10-22-18(14)26)24-12-4-7-29-8-12/h10-13,15-16,19,27-28H,1-9H2,(H,21,22,24)/t12-,13?,15?,16?,19?/m1/s1. The summed E-state index contributed by atoms with van der Waals surface area (Å²) in [7, 11) is 0. The summed E-state index contributed by atoms with van der Waals surface area (Å²) in [5.41, 5.74) is 1.07. The molecule has 0 saturated carbocycles. The first-order valence-electron chi connectivity index (χ1n) is 11.1. The van der Waals surface area contributed by atoms with Gasteiger partial charge < -0.3 is 34.6 Å². The molecule has 32 heavy (non-hydrogen) atoms. The Bertz CT molecular complexity index is 948. The summed E-state index contributed by atoms with van der Waals surface area (Å²) in [6, 6.07) is 0.165. The molecule has 3 N–H and O–H groups in total. The van der Waals surface area contributed by atoms with Gasteiger partial charge in [-0.15, -0.1) is 0 Å². The Kier molecular flexibility index (Phi) is 6.37. The number of likely N-dealkylation sites (tertiary alicyclic amines) is 1. The van der Waals surface area contributed by atoms with Gasteiger partial charge in [-0.2, -0.15) is 0 Å². The third-order valence-corrected chi connectivity index (χ3v) is 6.60. The summed E-state index contributed by atoms with van der Waals surface area (Å²) in [6.45, 7) is 3.14. The third-order valence-electron chi connectivity index (χ3n) is 6.23. The van der Waals surface area contributed by atoms with Crippen molar-refractivity contribution in [2.75, 3.05) is 38.2 Å². The number of ether oxygens (including phenoxy) is 3. The highest BCUT2D eigenvalue weighted by molar-refractivity contribution is 7.80. The van der Waals surface area contributed by atoms with Crippen LogP contribution in [0.1, 0.15) is 31.9 Å². The first kappa shape index (κ1) is 21.7. The molecule has 0 spiro atoms. The smallest absolute Gasteiger partial charge is 0.259 e. The minimum Gasteiger partial charge on any atom is -0.468 e. The van der Waals surface area contributed by atoms with Crippen molar-refractivity contribution in [2.24, 2.45) is 0 Å². The number of rotatable bonds is 5.